The van der Waals surface area contributed by atoms with Crippen molar-refractivity contribution in [1.29, 1.82) is 0 Å². The van der Waals surface area contributed by atoms with E-state index in [1.54, 1.807) is 0 Å². The molecule has 0 atom stereocenters. The Morgan fingerprint density at radius 3 is 1.48 bits per heavy atom. The number of carbonyl (C=O) groups is 1. The third-order valence-electron chi connectivity index (χ3n) is 4.08. The Kier molecular flexibility index (Phi) is 12.3. The van der Waals surface area contributed by atoms with Gasteiger partial charge in [-0.2, -0.15) is 0 Å². The predicted octanol–water partition coefficient (Wildman–Crippen LogP) is 0.645. The number of nitrogens with zero attached hydrogens (tertiary/aromatic N) is 3. The van der Waals surface area contributed by atoms with Crippen LogP contribution >= 0.6 is 0 Å². The predicted molar refractivity (Wildman–Crippen MR) is 104 cm³/mol. The minimum atomic E-state index is -1.75. The van der Waals surface area contributed by atoms with Crippen LogP contribution in [0.1, 0.15) is 22.3 Å². The van der Waals surface area contributed by atoms with Gasteiger partial charge in [0.25, 0.3) is 0 Å². The number of aliphatic carboxylic acids is 1. The van der Waals surface area contributed by atoms with Gasteiger partial charge in [0.05, 0.1) is 22.1 Å². The number of aryl methyl sites for hydroxylation is 4. The van der Waals surface area contributed by atoms with Crippen LogP contribution in [0, 0.1) is 43.0 Å². The number of carboxylic acids is 1. The quantitative estimate of drug-likeness (QED) is 0.240. The van der Waals surface area contributed by atoms with E-state index in [2.05, 4.69) is 55.5 Å². The molecule has 0 saturated heterocycles. The van der Waals surface area contributed by atoms with Crippen molar-refractivity contribution in [3.8, 4) is 0 Å². The maximum atomic E-state index is 9.13. The average molecular weight is 454 g/mol. The van der Waals surface area contributed by atoms with E-state index < -0.39 is 11.1 Å². The fourth-order valence-corrected chi connectivity index (χ4v) is 2.39. The summed E-state index contributed by atoms with van der Waals surface area (Å²) in [6.07, 6.45) is 3.88. The normalized spacial score (nSPS) is 9.14. The number of aromatic nitrogens is 2. The summed E-state index contributed by atoms with van der Waals surface area (Å²) < 4.78 is 0. The first kappa shape index (κ1) is 28.4. The summed E-state index contributed by atoms with van der Waals surface area (Å²) in [7, 11) is 0. The average Bonchev–Trinajstić information content (AvgIpc) is 2.61. The van der Waals surface area contributed by atoms with Gasteiger partial charge in [-0.15, -0.1) is 0 Å². The van der Waals surface area contributed by atoms with Crippen LogP contribution in [-0.2, 0) is 21.9 Å². The molecule has 10 nitrogen and oxygen atoms in total. The molecule has 0 bridgehead atoms. The molecule has 0 unspecified atom stereocenters. The van der Waals surface area contributed by atoms with Gasteiger partial charge in [-0.25, -0.2) is 0 Å². The molecule has 1 radical (unpaired) electrons. The Balaban J connectivity index is 0. The molecule has 0 aliphatic rings. The Labute approximate surface area is 177 Å². The van der Waals surface area contributed by atoms with Crippen molar-refractivity contribution >= 4 is 27.8 Å². The molecule has 0 spiro atoms. The molecule has 161 valence electrons. The molecular weight excluding hydrogens is 432 g/mol. The molecule has 0 amide bonds. The van der Waals surface area contributed by atoms with E-state index in [0.717, 1.165) is 11.0 Å². The van der Waals surface area contributed by atoms with Gasteiger partial charge in [0.15, 0.2) is 0 Å². The Hall–Kier alpha value is -2.85. The molecule has 29 heavy (non-hydrogen) atoms. The first-order valence-electron chi connectivity index (χ1n) is 7.92. The van der Waals surface area contributed by atoms with Crippen molar-refractivity contribution in [3.63, 3.8) is 0 Å². The van der Waals surface area contributed by atoms with Gasteiger partial charge in [0.1, 0.15) is 0 Å². The summed E-state index contributed by atoms with van der Waals surface area (Å²) >= 11 is 0. The topological polar surface area (TPSA) is 190 Å². The fourth-order valence-electron chi connectivity index (χ4n) is 2.39. The second kappa shape index (κ2) is 12.6. The van der Waals surface area contributed by atoms with Crippen molar-refractivity contribution in [2.75, 3.05) is 6.54 Å². The van der Waals surface area contributed by atoms with Crippen LogP contribution in [0.15, 0.2) is 24.5 Å². The molecule has 11 heteroatoms. The zero-order valence-corrected chi connectivity index (χ0v) is 17.2. The minimum absolute atomic E-state index is 0. The number of nitrogens with two attached hydrogens (primary N) is 1. The third kappa shape index (κ3) is 7.59. The molecule has 0 aliphatic carbocycles. The molecule has 3 rings (SSSR count). The SMILES string of the molecule is Cc1cnc2c(ccc3c(C)c(C)cnc32)c1C.NCC(=O)[O-].O.O=[N+]([O-])[O-].[Cu+2]. The fraction of sp³-hybridized carbons (Fsp3) is 0.278. The summed E-state index contributed by atoms with van der Waals surface area (Å²) in [5.41, 5.74) is 11.6. The number of benzene rings is 1. The van der Waals surface area contributed by atoms with Crippen LogP contribution in [0.4, 0.5) is 0 Å². The molecule has 0 aliphatic heterocycles. The van der Waals surface area contributed by atoms with E-state index >= 15 is 0 Å². The molecule has 2 heterocycles. The molecule has 1 aromatic carbocycles. The molecule has 4 N–H and O–H groups in total. The monoisotopic (exact) mass is 453 g/mol. The standard InChI is InChI=1S/C16H16N2.C2H5NO2.Cu.NO3.H2O/c1-9-7-17-15-13(11(9)3)5-6-14-12(4)10(2)8-18-16(14)15;3-1-2(4)5;;2-1(3)4;/h5-8H,1-4H3;1,3H2,(H,4,5);;;1H2/q;;+2;-1;/p-1. The zero-order valence-electron chi connectivity index (χ0n) is 16.3. The van der Waals surface area contributed by atoms with Crippen LogP contribution in [0.25, 0.3) is 21.8 Å². The van der Waals surface area contributed by atoms with Gasteiger partial charge in [-0.1, -0.05) is 12.1 Å². The molecular formula is C18H22CuN4O6. The Morgan fingerprint density at radius 1 is 0.966 bits per heavy atom. The smallest absolute Gasteiger partial charge is 0.549 e. The molecule has 2 aromatic heterocycles. The van der Waals surface area contributed by atoms with Crippen molar-refractivity contribution in [2.45, 2.75) is 27.7 Å². The second-order valence-electron chi connectivity index (χ2n) is 5.79. The number of pyridine rings is 2. The molecule has 0 saturated carbocycles. The van der Waals surface area contributed by atoms with E-state index in [9.17, 15) is 0 Å². The van der Waals surface area contributed by atoms with Gasteiger partial charge in [0, 0.05) is 29.7 Å². The van der Waals surface area contributed by atoms with Crippen molar-refractivity contribution < 1.29 is 37.5 Å². The van der Waals surface area contributed by atoms with Crippen molar-refractivity contribution in [2.24, 2.45) is 5.73 Å². The van der Waals surface area contributed by atoms with Gasteiger partial charge in [-0.05, 0) is 49.9 Å². The van der Waals surface area contributed by atoms with Crippen LogP contribution in [-0.4, -0.2) is 33.0 Å². The summed E-state index contributed by atoms with van der Waals surface area (Å²) in [4.78, 5) is 26.5. The number of hydrogen-bond donors (Lipinski definition) is 1. The minimum Gasteiger partial charge on any atom is -0.549 e. The Bertz CT molecular complexity index is 926. The van der Waals surface area contributed by atoms with E-state index in [1.165, 1.54) is 33.0 Å². The van der Waals surface area contributed by atoms with Gasteiger partial charge in [-0.3, -0.25) is 9.97 Å². The van der Waals surface area contributed by atoms with E-state index in [0.29, 0.717) is 0 Å². The number of rotatable bonds is 1. The zero-order chi connectivity index (χ0) is 20.7. The van der Waals surface area contributed by atoms with Crippen molar-refractivity contribution in [3.05, 3.63) is 62.1 Å². The molecule has 0 fully saturated rings. The van der Waals surface area contributed by atoms with E-state index in [4.69, 9.17) is 25.2 Å². The maximum absolute atomic E-state index is 9.13. The Morgan fingerprint density at radius 2 is 1.24 bits per heavy atom. The summed E-state index contributed by atoms with van der Waals surface area (Å²) in [5.74, 6) is -1.22. The van der Waals surface area contributed by atoms with Crippen LogP contribution < -0.4 is 10.8 Å². The number of hydrogen-bond acceptors (Lipinski definition) is 8. The van der Waals surface area contributed by atoms with Gasteiger partial charge in [0.2, 0.25) is 0 Å². The summed E-state index contributed by atoms with van der Waals surface area (Å²) in [6, 6.07) is 4.34. The third-order valence-corrected chi connectivity index (χ3v) is 4.08. The van der Waals surface area contributed by atoms with Gasteiger partial charge < -0.3 is 36.4 Å². The summed E-state index contributed by atoms with van der Waals surface area (Å²) in [6.45, 7) is 8.10. The van der Waals surface area contributed by atoms with Gasteiger partial charge >= 0.3 is 17.1 Å². The number of carbonyl (C=O) groups excluding carboxylic acids is 1. The van der Waals surface area contributed by atoms with Crippen LogP contribution in [0.3, 0.4) is 0 Å². The number of fused-ring (bicyclic) bond motifs is 3. The maximum Gasteiger partial charge on any atom is 2.00 e. The van der Waals surface area contributed by atoms with Crippen LogP contribution in [0.5, 0.6) is 0 Å². The molecule has 3 aromatic rings. The largest absolute Gasteiger partial charge is 2.00 e. The van der Waals surface area contributed by atoms with Crippen LogP contribution in [0.2, 0.25) is 0 Å². The van der Waals surface area contributed by atoms with E-state index in [-0.39, 0.29) is 29.1 Å². The summed E-state index contributed by atoms with van der Waals surface area (Å²) in [5, 5.41) is 26.3. The number of carboxylic acid groups (broad SMARTS) is 1. The first-order valence-corrected chi connectivity index (χ1v) is 7.92. The van der Waals surface area contributed by atoms with E-state index in [1.807, 2.05) is 12.4 Å². The van der Waals surface area contributed by atoms with Crippen molar-refractivity contribution in [1.82, 2.24) is 9.97 Å². The second-order valence-corrected chi connectivity index (χ2v) is 5.79. The first-order chi connectivity index (χ1) is 12.6.